The van der Waals surface area contributed by atoms with Crippen LogP contribution in [0.4, 0.5) is 5.69 Å². The third kappa shape index (κ3) is 7.85. The van der Waals surface area contributed by atoms with Gasteiger partial charge in [0.2, 0.25) is 5.71 Å². The summed E-state index contributed by atoms with van der Waals surface area (Å²) in [4.78, 5) is 1.65. The van der Waals surface area contributed by atoms with E-state index in [-0.39, 0.29) is 0 Å². The van der Waals surface area contributed by atoms with Crippen molar-refractivity contribution < 1.29 is 30.5 Å². The Balaban J connectivity index is 1.68. The summed E-state index contributed by atoms with van der Waals surface area (Å²) in [6.07, 6.45) is 5.66. The zero-order chi connectivity index (χ0) is 36.2. The van der Waals surface area contributed by atoms with Gasteiger partial charge in [0.05, 0.1) is 0 Å². The molecule has 4 aromatic carbocycles. The lowest BCUT2D eigenvalue weighted by molar-refractivity contribution is -0.545. The Hall–Kier alpha value is -4.32. The molecular formula is C39H40ClN2O6S2+. The summed E-state index contributed by atoms with van der Waals surface area (Å²) in [5.41, 5.74) is 7.11. The Morgan fingerprint density at radius 2 is 1.36 bits per heavy atom. The van der Waals surface area contributed by atoms with Crippen LogP contribution >= 0.6 is 11.6 Å². The summed E-state index contributed by atoms with van der Waals surface area (Å²) < 4.78 is 73.3. The van der Waals surface area contributed by atoms with Gasteiger partial charge in [-0.15, -0.1) is 0 Å². The predicted molar refractivity (Wildman–Crippen MR) is 202 cm³/mol. The molecule has 0 aromatic heterocycles. The third-order valence-electron chi connectivity index (χ3n) is 8.75. The number of nitrogens with zero attached hydrogens (tertiary/aromatic N) is 2. The van der Waals surface area contributed by atoms with Crippen molar-refractivity contribution in [3.8, 4) is 0 Å². The molecule has 50 heavy (non-hydrogen) atoms. The molecule has 8 nitrogen and oxygen atoms in total. The zero-order valence-corrected chi connectivity index (χ0v) is 30.6. The van der Waals surface area contributed by atoms with E-state index in [4.69, 9.17) is 11.6 Å². The van der Waals surface area contributed by atoms with E-state index in [0.717, 1.165) is 33.4 Å². The van der Waals surface area contributed by atoms with Crippen molar-refractivity contribution in [2.75, 3.05) is 18.0 Å². The van der Waals surface area contributed by atoms with Crippen molar-refractivity contribution in [2.24, 2.45) is 0 Å². The van der Waals surface area contributed by atoms with Crippen molar-refractivity contribution in [2.45, 2.75) is 38.4 Å². The van der Waals surface area contributed by atoms with E-state index in [1.165, 1.54) is 0 Å². The Bertz CT molecular complexity index is 2230. The average Bonchev–Trinajstić information content (AvgIpc) is 3.07. The van der Waals surface area contributed by atoms with Gasteiger partial charge in [-0.05, 0) is 85.4 Å². The van der Waals surface area contributed by atoms with Gasteiger partial charge in [0.25, 0.3) is 10.1 Å². The summed E-state index contributed by atoms with van der Waals surface area (Å²) in [6, 6.07) is 30.4. The topological polar surface area (TPSA) is 115 Å². The largest absolute Gasteiger partial charge is 0.350 e. The lowest BCUT2D eigenvalue weighted by Crippen LogP contribution is -2.34. The molecule has 0 amide bonds. The van der Waals surface area contributed by atoms with Crippen LogP contribution in [0.5, 0.6) is 0 Å². The van der Waals surface area contributed by atoms with E-state index >= 15 is 0 Å². The normalized spacial score (nSPS) is 16.7. The molecule has 0 radical (unpaired) electrons. The van der Waals surface area contributed by atoms with E-state index in [9.17, 15) is 25.9 Å². The number of allylic oxidation sites excluding steroid dienone is 5. The average molecular weight is 732 g/mol. The Morgan fingerprint density at radius 1 is 0.760 bits per heavy atom. The van der Waals surface area contributed by atoms with E-state index in [1.807, 2.05) is 88.4 Å². The predicted octanol–water partition coefficient (Wildman–Crippen LogP) is 8.44. The van der Waals surface area contributed by atoms with Crippen LogP contribution < -0.4 is 4.90 Å². The molecule has 260 valence electrons. The highest BCUT2D eigenvalue weighted by atomic mass is 35.5. The molecule has 11 heteroatoms. The van der Waals surface area contributed by atoms with Crippen LogP contribution in [0.25, 0.3) is 5.57 Å². The number of rotatable bonds is 11. The first-order chi connectivity index (χ1) is 23.8. The number of aryl methyl sites for hydroxylation is 1. The van der Waals surface area contributed by atoms with Crippen LogP contribution in [-0.2, 0) is 20.2 Å². The van der Waals surface area contributed by atoms with E-state index < -0.39 is 31.0 Å². The molecule has 2 unspecified atom stereocenters. The van der Waals surface area contributed by atoms with Crippen LogP contribution in [0.1, 0.15) is 59.3 Å². The van der Waals surface area contributed by atoms with Gasteiger partial charge in [0.1, 0.15) is 6.54 Å². The number of hydrogen-bond donors (Lipinski definition) is 2. The van der Waals surface area contributed by atoms with Crippen LogP contribution in [0.15, 0.2) is 133 Å². The fraction of sp³-hybridized carbons (Fsp3) is 0.205. The van der Waals surface area contributed by atoms with E-state index in [1.54, 1.807) is 70.1 Å². The number of anilines is 1. The molecule has 0 heterocycles. The van der Waals surface area contributed by atoms with Crippen molar-refractivity contribution >= 4 is 48.8 Å². The highest BCUT2D eigenvalue weighted by molar-refractivity contribution is 7.86. The Morgan fingerprint density at radius 3 is 1.88 bits per heavy atom. The quantitative estimate of drug-likeness (QED) is 0.118. The maximum atomic E-state index is 12.7. The third-order valence-corrected chi connectivity index (χ3v) is 11.3. The van der Waals surface area contributed by atoms with Gasteiger partial charge in [-0.3, -0.25) is 9.11 Å². The second kappa shape index (κ2) is 15.3. The Labute approximate surface area is 299 Å². The lowest BCUT2D eigenvalue weighted by atomic mass is 9.85. The van der Waals surface area contributed by atoms with Crippen LogP contribution in [-0.4, -0.2) is 49.3 Å². The second-order valence-corrected chi connectivity index (χ2v) is 15.3. The van der Waals surface area contributed by atoms with Gasteiger partial charge in [0, 0.05) is 40.5 Å². The molecule has 0 fully saturated rings. The van der Waals surface area contributed by atoms with Gasteiger partial charge in [-0.25, -0.2) is 4.58 Å². The minimum absolute atomic E-state index is 0.307. The van der Waals surface area contributed by atoms with Crippen LogP contribution in [0.2, 0.25) is 5.02 Å². The van der Waals surface area contributed by atoms with Crippen LogP contribution in [0.3, 0.4) is 0 Å². The van der Waals surface area contributed by atoms with Crippen molar-refractivity contribution in [1.82, 2.24) is 0 Å². The minimum Gasteiger partial charge on any atom is -0.350 e. The molecule has 0 spiro atoms. The maximum absolute atomic E-state index is 12.7. The molecule has 1 aliphatic carbocycles. The molecule has 0 bridgehead atoms. The summed E-state index contributed by atoms with van der Waals surface area (Å²) in [5, 5.41) is -2.07. The van der Waals surface area contributed by atoms with Crippen molar-refractivity contribution in [3.63, 3.8) is 0 Å². The summed E-state index contributed by atoms with van der Waals surface area (Å²) in [5.74, 6) is 0. The van der Waals surface area contributed by atoms with E-state index in [0.29, 0.717) is 40.6 Å². The van der Waals surface area contributed by atoms with Gasteiger partial charge >= 0.3 is 15.5 Å². The van der Waals surface area contributed by atoms with Gasteiger partial charge in [0.15, 0.2) is 5.37 Å². The standard InChI is InChI=1S/C39H39ClN2O6S2/c1-5-41(38(49(43,44)45)29-15-9-7-10-16-29)31-21-23-33(27(3)25-31)37(35-19-13-14-20-36(35)40)34-24-22-32(26-28(34)4)42(6-2)39(50(46,47)48)30-17-11-8-12-18-30/h7-26,38-39H,5-6H2,1-4H3,(H-,43,44,45,46,47,48)/p+1. The molecule has 2 atom stereocenters. The minimum atomic E-state index is -4.51. The first-order valence-corrected chi connectivity index (χ1v) is 19.5. The lowest BCUT2D eigenvalue weighted by Gasteiger charge is -2.31. The summed E-state index contributed by atoms with van der Waals surface area (Å²) in [6.45, 7) is 8.16. The maximum Gasteiger partial charge on any atom is 0.334 e. The van der Waals surface area contributed by atoms with Gasteiger partial charge in [-0.1, -0.05) is 96.5 Å². The number of hydrogen-bond acceptors (Lipinski definition) is 5. The molecule has 0 saturated carbocycles. The van der Waals surface area contributed by atoms with Crippen molar-refractivity contribution in [1.29, 1.82) is 0 Å². The molecule has 1 aliphatic rings. The second-order valence-electron chi connectivity index (χ2n) is 12.0. The van der Waals surface area contributed by atoms with Crippen LogP contribution in [0, 0.1) is 6.92 Å². The zero-order valence-electron chi connectivity index (χ0n) is 28.2. The van der Waals surface area contributed by atoms with Gasteiger partial charge in [-0.2, -0.15) is 16.8 Å². The SMILES string of the molecule is CCN(c1ccc(/C(=C2C=C/C(=[N+](/CC)C(c3ccccc3)S(=O)(=O)O)C=C\2C)c2ccccc2Cl)c(C)c1)C(c1ccccc1)S(=O)(=O)O. The summed E-state index contributed by atoms with van der Waals surface area (Å²) in [7, 11) is -9.03. The molecular weight excluding hydrogens is 692 g/mol. The van der Waals surface area contributed by atoms with E-state index in [2.05, 4.69) is 0 Å². The monoisotopic (exact) mass is 731 g/mol. The highest BCUT2D eigenvalue weighted by Gasteiger charge is 2.37. The molecule has 2 N–H and O–H groups in total. The van der Waals surface area contributed by atoms with Crippen molar-refractivity contribution in [3.05, 3.63) is 165 Å². The fourth-order valence-corrected chi connectivity index (χ4v) is 8.96. The molecule has 4 aromatic rings. The Kier molecular flexibility index (Phi) is 11.3. The van der Waals surface area contributed by atoms with Gasteiger partial charge < -0.3 is 4.90 Å². The number of benzene rings is 4. The first-order valence-electron chi connectivity index (χ1n) is 16.2. The number of halogens is 1. The molecule has 0 saturated heterocycles. The highest BCUT2D eigenvalue weighted by Crippen LogP contribution is 2.40. The first kappa shape index (κ1) is 36.9. The summed E-state index contributed by atoms with van der Waals surface area (Å²) >= 11 is 6.82. The molecule has 5 rings (SSSR count). The smallest absolute Gasteiger partial charge is 0.334 e. The molecule has 0 aliphatic heterocycles. The fourth-order valence-electron chi connectivity index (χ4n) is 6.54.